The SMILES string of the molecule is CC(C)(C)OC(=O)CN1CCN(CC(=O)OC(C)(C)C)CCN(C(CCC(=O)NS(=O)(=O)CCCNC(=O)OC(C)(C)C)C(=O)OC(C)(C)C)CCN(CC(O)OC(C)(C)C)CC1. The number of sulfonamides is 1. The molecule has 0 bridgehead atoms. The van der Waals surface area contributed by atoms with Crippen molar-refractivity contribution in [1.82, 2.24) is 29.6 Å². The molecule has 1 fully saturated rings. The number of hydrogen-bond acceptors (Lipinski definition) is 17. The first kappa shape index (κ1) is 57.9. The lowest BCUT2D eigenvalue weighted by Crippen LogP contribution is -2.53. The quantitative estimate of drug-likeness (QED) is 0.0826. The van der Waals surface area contributed by atoms with E-state index in [0.717, 1.165) is 0 Å². The van der Waals surface area contributed by atoms with Crippen LogP contribution in [0.25, 0.3) is 0 Å². The Morgan fingerprint density at radius 3 is 1.48 bits per heavy atom. The van der Waals surface area contributed by atoms with Crippen molar-refractivity contribution in [3.05, 3.63) is 0 Å². The third-order valence-corrected chi connectivity index (χ3v) is 9.98. The first-order valence-corrected chi connectivity index (χ1v) is 23.6. The van der Waals surface area contributed by atoms with Crippen LogP contribution in [0, 0.1) is 0 Å². The highest BCUT2D eigenvalue weighted by Crippen LogP contribution is 2.18. The molecule has 368 valence electrons. The lowest BCUT2D eigenvalue weighted by Gasteiger charge is -2.38. The maximum Gasteiger partial charge on any atom is 0.407 e. The summed E-state index contributed by atoms with van der Waals surface area (Å²) in [5, 5.41) is 13.5. The van der Waals surface area contributed by atoms with E-state index in [1.807, 2.05) is 40.4 Å². The maximum absolute atomic E-state index is 14.1. The summed E-state index contributed by atoms with van der Waals surface area (Å²) in [5.41, 5.74) is -3.71. The number of nitrogens with one attached hydrogen (secondary N) is 2. The van der Waals surface area contributed by atoms with Gasteiger partial charge >= 0.3 is 24.0 Å². The van der Waals surface area contributed by atoms with Gasteiger partial charge in [0.15, 0.2) is 6.29 Å². The largest absolute Gasteiger partial charge is 0.459 e. The number of ether oxygens (including phenoxy) is 5. The molecule has 20 heteroatoms. The van der Waals surface area contributed by atoms with Gasteiger partial charge in [0.2, 0.25) is 15.9 Å². The average Bonchev–Trinajstić information content (AvgIpc) is 3.03. The van der Waals surface area contributed by atoms with Gasteiger partial charge in [-0.25, -0.2) is 13.2 Å². The van der Waals surface area contributed by atoms with Gasteiger partial charge < -0.3 is 34.1 Å². The summed E-state index contributed by atoms with van der Waals surface area (Å²) in [6, 6.07) is -1.02. The number of amides is 2. The minimum absolute atomic E-state index is 0.00276. The summed E-state index contributed by atoms with van der Waals surface area (Å²) in [4.78, 5) is 73.1. The van der Waals surface area contributed by atoms with Crippen molar-refractivity contribution in [2.24, 2.45) is 0 Å². The Bertz CT molecular complexity index is 1580. The summed E-state index contributed by atoms with van der Waals surface area (Å²) in [6.07, 6.45) is -2.30. The van der Waals surface area contributed by atoms with E-state index in [4.69, 9.17) is 23.7 Å². The normalized spacial score (nSPS) is 17.7. The zero-order valence-electron chi connectivity index (χ0n) is 41.0. The van der Waals surface area contributed by atoms with Gasteiger partial charge in [0, 0.05) is 71.9 Å². The van der Waals surface area contributed by atoms with E-state index in [1.165, 1.54) is 0 Å². The Balaban J connectivity index is 3.50. The Hall–Kier alpha value is -3.14. The van der Waals surface area contributed by atoms with Crippen LogP contribution in [0.1, 0.15) is 123 Å². The molecule has 63 heavy (non-hydrogen) atoms. The number of hydrogen-bond donors (Lipinski definition) is 3. The number of alkyl carbamates (subject to hydrolysis) is 1. The second-order valence-corrected chi connectivity index (χ2v) is 22.8. The van der Waals surface area contributed by atoms with Crippen molar-refractivity contribution in [2.45, 2.75) is 163 Å². The molecule has 1 rings (SSSR count). The Kier molecular flexibility index (Phi) is 22.9. The number of nitrogens with zero attached hydrogens (tertiary/aromatic N) is 4. The summed E-state index contributed by atoms with van der Waals surface area (Å²) in [7, 11) is -4.10. The molecule has 2 atom stereocenters. The van der Waals surface area contributed by atoms with Crippen LogP contribution < -0.4 is 10.0 Å². The first-order valence-electron chi connectivity index (χ1n) is 21.9. The summed E-state index contributed by atoms with van der Waals surface area (Å²) in [6.45, 7) is 28.9. The van der Waals surface area contributed by atoms with Crippen molar-refractivity contribution in [2.75, 3.05) is 84.3 Å². The number of aliphatic hydroxyl groups excluding tert-OH is 1. The van der Waals surface area contributed by atoms with Crippen molar-refractivity contribution in [3.63, 3.8) is 0 Å². The van der Waals surface area contributed by atoms with Crippen LogP contribution in [0.2, 0.25) is 0 Å². The molecule has 0 aromatic heterocycles. The standard InChI is InChI=1S/C43H82N6O13S/c1-39(2,3)58-34(51)29-46-20-22-47(30-35(52)59-40(4,5)6)24-26-49(27-25-48(23-21-46)31-36(53)60-41(7,8)9)32(37(54)61-42(10,11)12)17-18-33(50)45-63(56,57)28-16-19-44-38(55)62-43(13,14)15/h32,35,52H,16-31H2,1-15H3,(H,44,55)(H,45,50). The summed E-state index contributed by atoms with van der Waals surface area (Å²) < 4.78 is 56.0. The Morgan fingerprint density at radius 1 is 0.603 bits per heavy atom. The van der Waals surface area contributed by atoms with Crippen LogP contribution >= 0.6 is 0 Å². The molecule has 3 N–H and O–H groups in total. The number of esters is 3. The lowest BCUT2D eigenvalue weighted by molar-refractivity contribution is -0.175. The minimum atomic E-state index is -4.10. The van der Waals surface area contributed by atoms with Crippen LogP contribution in [0.4, 0.5) is 4.79 Å². The number of β-amino-alcohol motifs (C(OH)–C–C–N with tert-alkyl or cyclic N) is 1. The predicted octanol–water partition coefficient (Wildman–Crippen LogP) is 2.88. The second kappa shape index (κ2) is 25.0. The van der Waals surface area contributed by atoms with Crippen LogP contribution in [0.5, 0.6) is 0 Å². The Labute approximate surface area is 377 Å². The van der Waals surface area contributed by atoms with Crippen molar-refractivity contribution >= 4 is 39.9 Å². The van der Waals surface area contributed by atoms with Gasteiger partial charge in [-0.05, 0) is 117 Å². The van der Waals surface area contributed by atoms with Crippen LogP contribution in [-0.2, 0) is 52.9 Å². The van der Waals surface area contributed by atoms with Crippen molar-refractivity contribution < 1.29 is 61.2 Å². The zero-order chi connectivity index (χ0) is 48.6. The van der Waals surface area contributed by atoms with E-state index in [9.17, 15) is 37.5 Å². The monoisotopic (exact) mass is 923 g/mol. The van der Waals surface area contributed by atoms with Crippen LogP contribution in [0.3, 0.4) is 0 Å². The lowest BCUT2D eigenvalue weighted by atomic mass is 10.1. The third kappa shape index (κ3) is 29.8. The molecule has 0 saturated carbocycles. The van der Waals surface area contributed by atoms with Gasteiger partial charge in [-0.3, -0.25) is 43.5 Å². The average molecular weight is 923 g/mol. The number of rotatable bonds is 17. The molecule has 19 nitrogen and oxygen atoms in total. The highest BCUT2D eigenvalue weighted by Gasteiger charge is 2.33. The Morgan fingerprint density at radius 2 is 1.03 bits per heavy atom. The van der Waals surface area contributed by atoms with Crippen LogP contribution in [-0.4, -0.2) is 188 Å². The highest BCUT2D eigenvalue weighted by atomic mass is 32.2. The zero-order valence-corrected chi connectivity index (χ0v) is 41.8. The highest BCUT2D eigenvalue weighted by molar-refractivity contribution is 7.90. The van der Waals surface area contributed by atoms with Gasteiger partial charge in [0.1, 0.15) is 28.4 Å². The van der Waals surface area contributed by atoms with Gasteiger partial charge in [0.25, 0.3) is 0 Å². The van der Waals surface area contributed by atoms with Gasteiger partial charge in [-0.2, -0.15) is 0 Å². The molecule has 0 aromatic rings. The third-order valence-electron chi connectivity index (χ3n) is 8.61. The maximum atomic E-state index is 14.1. The molecule has 0 aromatic carbocycles. The van der Waals surface area contributed by atoms with E-state index in [0.29, 0.717) is 32.7 Å². The molecular weight excluding hydrogens is 841 g/mol. The topological polar surface area (TPSA) is 223 Å². The number of carbonyl (C=O) groups is 5. The van der Waals surface area contributed by atoms with E-state index >= 15 is 0 Å². The molecule has 1 aliphatic heterocycles. The van der Waals surface area contributed by atoms with Gasteiger partial charge in [-0.15, -0.1) is 0 Å². The van der Waals surface area contributed by atoms with E-state index in [1.54, 1.807) is 83.1 Å². The van der Waals surface area contributed by atoms with Gasteiger partial charge in [-0.1, -0.05) is 0 Å². The molecule has 2 amide bonds. The summed E-state index contributed by atoms with van der Waals surface area (Å²) >= 11 is 0. The molecule has 0 spiro atoms. The molecule has 2 unspecified atom stereocenters. The first-order chi connectivity index (χ1) is 28.5. The molecule has 0 radical (unpaired) electrons. The molecule has 1 saturated heterocycles. The second-order valence-electron chi connectivity index (χ2n) is 21.0. The van der Waals surface area contributed by atoms with Crippen molar-refractivity contribution in [1.29, 1.82) is 0 Å². The van der Waals surface area contributed by atoms with E-state index < -0.39 is 86.0 Å². The molecular formula is C43H82N6O13S. The fourth-order valence-electron chi connectivity index (χ4n) is 6.27. The number of carbonyl (C=O) groups excluding carboxylic acids is 5. The molecule has 1 aliphatic rings. The van der Waals surface area contributed by atoms with E-state index in [-0.39, 0.29) is 65.1 Å². The van der Waals surface area contributed by atoms with Crippen LogP contribution in [0.15, 0.2) is 0 Å². The predicted molar refractivity (Wildman–Crippen MR) is 239 cm³/mol. The van der Waals surface area contributed by atoms with Gasteiger partial charge in [0.05, 0.1) is 24.4 Å². The van der Waals surface area contributed by atoms with Crippen molar-refractivity contribution in [3.8, 4) is 0 Å². The minimum Gasteiger partial charge on any atom is -0.459 e. The fourth-order valence-corrected chi connectivity index (χ4v) is 7.35. The molecule has 0 aliphatic carbocycles. The number of aliphatic hydroxyl groups is 1. The van der Waals surface area contributed by atoms with E-state index in [2.05, 4.69) is 10.0 Å². The molecule has 1 heterocycles. The summed E-state index contributed by atoms with van der Waals surface area (Å²) in [5.74, 6) is -2.75. The fraction of sp³-hybridized carbons (Fsp3) is 0.884. The smallest absolute Gasteiger partial charge is 0.407 e.